The number of nitrogens with zero attached hydrogens (tertiary/aromatic N) is 1. The van der Waals surface area contributed by atoms with Gasteiger partial charge in [0.05, 0.1) is 0 Å². The second-order valence-electron chi connectivity index (χ2n) is 4.28. The maximum Gasteiger partial charge on any atom is 0.213 e. The summed E-state index contributed by atoms with van der Waals surface area (Å²) in [6.45, 7) is 2.02. The van der Waals surface area contributed by atoms with Gasteiger partial charge < -0.3 is 10.5 Å². The number of hydrogen-bond donors (Lipinski definition) is 1. The minimum atomic E-state index is 0.147. The van der Waals surface area contributed by atoms with E-state index in [2.05, 4.69) is 4.98 Å². The van der Waals surface area contributed by atoms with Crippen molar-refractivity contribution in [2.75, 3.05) is 0 Å². The second kappa shape index (κ2) is 4.62. The SMILES string of the molecule is Cc1ccc(O[C@@H]2CCCC[C@H]2N)nc1. The van der Waals surface area contributed by atoms with Crippen LogP contribution in [-0.2, 0) is 0 Å². The molecule has 0 amide bonds. The van der Waals surface area contributed by atoms with Crippen LogP contribution in [0.1, 0.15) is 31.2 Å². The average molecular weight is 206 g/mol. The lowest BCUT2D eigenvalue weighted by Crippen LogP contribution is -2.41. The van der Waals surface area contributed by atoms with Gasteiger partial charge in [-0.05, 0) is 31.7 Å². The third-order valence-corrected chi connectivity index (χ3v) is 2.91. The van der Waals surface area contributed by atoms with Crippen molar-refractivity contribution in [3.63, 3.8) is 0 Å². The van der Waals surface area contributed by atoms with E-state index in [1.807, 2.05) is 25.3 Å². The molecule has 1 fully saturated rings. The number of hydrogen-bond acceptors (Lipinski definition) is 3. The molecule has 2 rings (SSSR count). The van der Waals surface area contributed by atoms with Gasteiger partial charge in [-0.2, -0.15) is 0 Å². The molecule has 1 aromatic heterocycles. The third kappa shape index (κ3) is 2.69. The van der Waals surface area contributed by atoms with Gasteiger partial charge in [-0.15, -0.1) is 0 Å². The molecule has 1 aliphatic carbocycles. The summed E-state index contributed by atoms with van der Waals surface area (Å²) < 4.78 is 5.79. The van der Waals surface area contributed by atoms with E-state index in [-0.39, 0.29) is 12.1 Å². The van der Waals surface area contributed by atoms with Crippen molar-refractivity contribution in [1.82, 2.24) is 4.98 Å². The predicted octanol–water partition coefficient (Wildman–Crippen LogP) is 2.04. The molecule has 0 bridgehead atoms. The maximum absolute atomic E-state index is 6.00. The molecular weight excluding hydrogens is 188 g/mol. The standard InChI is InChI=1S/C12H18N2O/c1-9-6-7-12(14-8-9)15-11-5-3-2-4-10(11)13/h6-8,10-11H,2-5,13H2,1H3/t10-,11-/m1/s1. The number of ether oxygens (including phenoxy) is 1. The zero-order valence-electron chi connectivity index (χ0n) is 9.15. The van der Waals surface area contributed by atoms with Crippen LogP contribution in [0, 0.1) is 6.92 Å². The highest BCUT2D eigenvalue weighted by atomic mass is 16.5. The molecule has 82 valence electrons. The maximum atomic E-state index is 6.00. The normalized spacial score (nSPS) is 26.3. The summed E-state index contributed by atoms with van der Waals surface area (Å²) in [7, 11) is 0. The van der Waals surface area contributed by atoms with Gasteiger partial charge in [-0.1, -0.05) is 12.5 Å². The van der Waals surface area contributed by atoms with Crippen LogP contribution in [0.2, 0.25) is 0 Å². The molecule has 3 nitrogen and oxygen atoms in total. The molecule has 1 aliphatic rings. The van der Waals surface area contributed by atoms with E-state index in [0.29, 0.717) is 5.88 Å². The zero-order chi connectivity index (χ0) is 10.7. The van der Waals surface area contributed by atoms with Crippen molar-refractivity contribution >= 4 is 0 Å². The highest BCUT2D eigenvalue weighted by molar-refractivity contribution is 5.16. The Labute approximate surface area is 90.7 Å². The molecule has 1 saturated carbocycles. The topological polar surface area (TPSA) is 48.1 Å². The Morgan fingerprint density at radius 3 is 2.80 bits per heavy atom. The first kappa shape index (κ1) is 10.4. The van der Waals surface area contributed by atoms with Crippen LogP contribution in [0.3, 0.4) is 0 Å². The highest BCUT2D eigenvalue weighted by Crippen LogP contribution is 2.21. The molecule has 2 N–H and O–H groups in total. The molecule has 2 atom stereocenters. The summed E-state index contributed by atoms with van der Waals surface area (Å²) in [5.41, 5.74) is 7.15. The highest BCUT2D eigenvalue weighted by Gasteiger charge is 2.23. The minimum Gasteiger partial charge on any atom is -0.473 e. The van der Waals surface area contributed by atoms with Crippen molar-refractivity contribution < 1.29 is 4.74 Å². The molecule has 0 spiro atoms. The quantitative estimate of drug-likeness (QED) is 0.805. The molecule has 1 heterocycles. The van der Waals surface area contributed by atoms with E-state index in [4.69, 9.17) is 10.5 Å². The van der Waals surface area contributed by atoms with Gasteiger partial charge in [-0.3, -0.25) is 0 Å². The summed E-state index contributed by atoms with van der Waals surface area (Å²) in [6, 6.07) is 4.09. The number of aromatic nitrogens is 1. The number of aryl methyl sites for hydroxylation is 1. The van der Waals surface area contributed by atoms with Crippen LogP contribution < -0.4 is 10.5 Å². The summed E-state index contributed by atoms with van der Waals surface area (Å²) in [5, 5.41) is 0. The van der Waals surface area contributed by atoms with E-state index in [9.17, 15) is 0 Å². The Bertz CT molecular complexity index is 310. The summed E-state index contributed by atoms with van der Waals surface area (Å²) >= 11 is 0. The predicted molar refractivity (Wildman–Crippen MR) is 59.8 cm³/mol. The fourth-order valence-electron chi connectivity index (χ4n) is 1.95. The average Bonchev–Trinajstić information content (AvgIpc) is 2.25. The van der Waals surface area contributed by atoms with Crippen molar-refractivity contribution in [1.29, 1.82) is 0 Å². The molecule has 0 radical (unpaired) electrons. The smallest absolute Gasteiger partial charge is 0.213 e. The lowest BCUT2D eigenvalue weighted by molar-refractivity contribution is 0.127. The van der Waals surface area contributed by atoms with Gasteiger partial charge in [0.25, 0.3) is 0 Å². The monoisotopic (exact) mass is 206 g/mol. The van der Waals surface area contributed by atoms with Crippen molar-refractivity contribution in [3.05, 3.63) is 23.9 Å². The van der Waals surface area contributed by atoms with Gasteiger partial charge in [0.15, 0.2) is 0 Å². The first-order valence-electron chi connectivity index (χ1n) is 5.60. The van der Waals surface area contributed by atoms with Gasteiger partial charge in [0.2, 0.25) is 5.88 Å². The molecule has 0 saturated heterocycles. The summed E-state index contributed by atoms with van der Waals surface area (Å²) in [5.74, 6) is 0.697. The van der Waals surface area contributed by atoms with Gasteiger partial charge in [0, 0.05) is 18.3 Å². The molecule has 0 aliphatic heterocycles. The van der Waals surface area contributed by atoms with E-state index in [1.54, 1.807) is 0 Å². The van der Waals surface area contributed by atoms with Crippen LogP contribution >= 0.6 is 0 Å². The van der Waals surface area contributed by atoms with E-state index >= 15 is 0 Å². The summed E-state index contributed by atoms with van der Waals surface area (Å²) in [4.78, 5) is 4.23. The first-order chi connectivity index (χ1) is 7.25. The fraction of sp³-hybridized carbons (Fsp3) is 0.583. The Morgan fingerprint density at radius 2 is 2.13 bits per heavy atom. The number of nitrogens with two attached hydrogens (primary N) is 1. The van der Waals surface area contributed by atoms with Crippen molar-refractivity contribution in [2.24, 2.45) is 5.73 Å². The minimum absolute atomic E-state index is 0.147. The number of rotatable bonds is 2. The van der Waals surface area contributed by atoms with Gasteiger partial charge >= 0.3 is 0 Å². The first-order valence-corrected chi connectivity index (χ1v) is 5.60. The van der Waals surface area contributed by atoms with Crippen molar-refractivity contribution in [2.45, 2.75) is 44.8 Å². The Kier molecular flexibility index (Phi) is 3.21. The second-order valence-corrected chi connectivity index (χ2v) is 4.28. The molecule has 0 unspecified atom stereocenters. The van der Waals surface area contributed by atoms with Crippen LogP contribution in [0.5, 0.6) is 5.88 Å². The lowest BCUT2D eigenvalue weighted by atomic mass is 9.93. The largest absolute Gasteiger partial charge is 0.473 e. The lowest BCUT2D eigenvalue weighted by Gasteiger charge is -2.28. The Morgan fingerprint density at radius 1 is 1.33 bits per heavy atom. The van der Waals surface area contributed by atoms with E-state index in [1.165, 1.54) is 12.8 Å². The molecule has 3 heteroatoms. The van der Waals surface area contributed by atoms with E-state index in [0.717, 1.165) is 18.4 Å². The Hall–Kier alpha value is -1.09. The van der Waals surface area contributed by atoms with E-state index < -0.39 is 0 Å². The van der Waals surface area contributed by atoms with Crippen molar-refractivity contribution in [3.8, 4) is 5.88 Å². The number of pyridine rings is 1. The fourth-order valence-corrected chi connectivity index (χ4v) is 1.95. The van der Waals surface area contributed by atoms with Gasteiger partial charge in [-0.25, -0.2) is 4.98 Å². The van der Waals surface area contributed by atoms with Crippen LogP contribution in [0.4, 0.5) is 0 Å². The molecule has 0 aromatic carbocycles. The third-order valence-electron chi connectivity index (χ3n) is 2.91. The summed E-state index contributed by atoms with van der Waals surface area (Å²) in [6.07, 6.45) is 6.53. The molecule has 15 heavy (non-hydrogen) atoms. The van der Waals surface area contributed by atoms with Crippen LogP contribution in [-0.4, -0.2) is 17.1 Å². The molecule has 1 aromatic rings. The Balaban J connectivity index is 1.98. The van der Waals surface area contributed by atoms with Crippen LogP contribution in [0.25, 0.3) is 0 Å². The van der Waals surface area contributed by atoms with Crippen LogP contribution in [0.15, 0.2) is 18.3 Å². The zero-order valence-corrected chi connectivity index (χ0v) is 9.15. The molecular formula is C12H18N2O. The van der Waals surface area contributed by atoms with Gasteiger partial charge in [0.1, 0.15) is 6.10 Å².